The van der Waals surface area contributed by atoms with E-state index in [4.69, 9.17) is 15.3 Å². The Morgan fingerprint density at radius 1 is 0.958 bits per heavy atom. The van der Waals surface area contributed by atoms with Crippen LogP contribution in [0, 0.1) is 0 Å². The molecule has 1 atom stereocenters. The van der Waals surface area contributed by atoms with Gasteiger partial charge >= 0.3 is 12.4 Å². The van der Waals surface area contributed by atoms with Gasteiger partial charge in [-0.25, -0.2) is 0 Å². The van der Waals surface area contributed by atoms with Crippen LogP contribution in [0.1, 0.15) is 29.3 Å². The van der Waals surface area contributed by atoms with Crippen LogP contribution >= 0.6 is 0 Å². The highest BCUT2D eigenvalue weighted by Crippen LogP contribution is 2.39. The lowest BCUT2D eigenvalue weighted by Crippen LogP contribution is -2.11. The summed E-state index contributed by atoms with van der Waals surface area (Å²) in [4.78, 5) is 0. The molecule has 0 aliphatic rings. The van der Waals surface area contributed by atoms with Crippen molar-refractivity contribution in [1.29, 1.82) is 0 Å². The highest BCUT2D eigenvalue weighted by molar-refractivity contribution is 5.61. The van der Waals surface area contributed by atoms with Crippen LogP contribution in [0.5, 0.6) is 0 Å². The van der Waals surface area contributed by atoms with Crippen molar-refractivity contribution in [2.75, 3.05) is 6.61 Å². The number of alkyl halides is 6. The van der Waals surface area contributed by atoms with E-state index in [2.05, 4.69) is 0 Å². The number of aliphatic hydroxyl groups is 1. The molecule has 24 heavy (non-hydrogen) atoms. The summed E-state index contributed by atoms with van der Waals surface area (Å²) in [6.07, 6.45) is -9.72. The predicted molar refractivity (Wildman–Crippen MR) is 72.8 cm³/mol. The molecular weight excluding hydrogens is 340 g/mol. The molecule has 132 valence electrons. The second kappa shape index (κ2) is 6.48. The molecule has 2 rings (SSSR count). The molecular formula is C15H13F6NO2. The lowest BCUT2D eigenvalue weighted by atomic mass is 10.0. The Morgan fingerprint density at radius 2 is 1.50 bits per heavy atom. The van der Waals surface area contributed by atoms with Crippen molar-refractivity contribution in [1.82, 2.24) is 0 Å². The Labute approximate surface area is 132 Å². The zero-order chi connectivity index (χ0) is 18.1. The van der Waals surface area contributed by atoms with E-state index in [1.54, 1.807) is 0 Å². The van der Waals surface area contributed by atoms with E-state index in [9.17, 15) is 26.3 Å². The number of benzene rings is 1. The Hall–Kier alpha value is -2.00. The first-order valence-electron chi connectivity index (χ1n) is 6.78. The van der Waals surface area contributed by atoms with Crippen molar-refractivity contribution < 1.29 is 35.9 Å². The van der Waals surface area contributed by atoms with E-state index in [1.165, 1.54) is 12.1 Å². The molecule has 1 aromatic heterocycles. The predicted octanol–water partition coefficient (Wildman–Crippen LogP) is 4.37. The number of rotatable bonds is 4. The van der Waals surface area contributed by atoms with E-state index >= 15 is 0 Å². The largest absolute Gasteiger partial charge is 0.459 e. The number of hydrogen-bond donors (Lipinski definition) is 2. The summed E-state index contributed by atoms with van der Waals surface area (Å²) in [6.45, 7) is -0.237. The quantitative estimate of drug-likeness (QED) is 0.803. The van der Waals surface area contributed by atoms with E-state index in [0.29, 0.717) is 12.1 Å². The fourth-order valence-electron chi connectivity index (χ4n) is 2.09. The first-order valence-corrected chi connectivity index (χ1v) is 6.78. The Bertz CT molecular complexity index is 672. The lowest BCUT2D eigenvalue weighted by Gasteiger charge is -2.13. The zero-order valence-corrected chi connectivity index (χ0v) is 12.1. The standard InChI is InChI=1S/C15H13F6NO2/c16-14(17,18)9-5-8(6-10(7-9)15(19,20)21)12-1-2-13(24-12)11(22)3-4-23/h1-2,5-7,11,23H,3-4,22H2. The molecule has 9 heteroatoms. The molecule has 3 nitrogen and oxygen atoms in total. The normalized spacial score (nSPS) is 14.0. The van der Waals surface area contributed by atoms with Gasteiger partial charge in [0.25, 0.3) is 0 Å². The van der Waals surface area contributed by atoms with Crippen molar-refractivity contribution in [3.05, 3.63) is 47.2 Å². The summed E-state index contributed by atoms with van der Waals surface area (Å²) in [5.41, 5.74) is 2.47. The number of hydrogen-bond acceptors (Lipinski definition) is 3. The van der Waals surface area contributed by atoms with Gasteiger partial charge in [0.2, 0.25) is 0 Å². The van der Waals surface area contributed by atoms with Gasteiger partial charge in [-0.15, -0.1) is 0 Å². The minimum Gasteiger partial charge on any atom is -0.459 e. The zero-order valence-electron chi connectivity index (χ0n) is 12.1. The summed E-state index contributed by atoms with van der Waals surface area (Å²) >= 11 is 0. The lowest BCUT2D eigenvalue weighted by molar-refractivity contribution is -0.143. The van der Waals surface area contributed by atoms with Crippen LogP contribution in [0.3, 0.4) is 0 Å². The third kappa shape index (κ3) is 4.09. The average molecular weight is 353 g/mol. The summed E-state index contributed by atoms with van der Waals surface area (Å²) in [5.74, 6) is -0.0139. The molecule has 1 heterocycles. The minimum absolute atomic E-state index is 0.0465. The molecule has 0 radical (unpaired) electrons. The first-order chi connectivity index (χ1) is 11.0. The maximum atomic E-state index is 12.8. The molecule has 0 fully saturated rings. The third-order valence-corrected chi connectivity index (χ3v) is 3.30. The fraction of sp³-hybridized carbons (Fsp3) is 0.333. The maximum absolute atomic E-state index is 12.8. The van der Waals surface area contributed by atoms with Gasteiger partial charge in [-0.3, -0.25) is 0 Å². The molecule has 0 amide bonds. The molecule has 0 saturated carbocycles. The minimum atomic E-state index is -4.93. The highest BCUT2D eigenvalue weighted by atomic mass is 19.4. The molecule has 0 bridgehead atoms. The van der Waals surface area contributed by atoms with Gasteiger partial charge in [0, 0.05) is 12.2 Å². The van der Waals surface area contributed by atoms with Crippen LogP contribution in [0.15, 0.2) is 34.7 Å². The second-order valence-corrected chi connectivity index (χ2v) is 5.12. The Morgan fingerprint density at radius 3 is 1.96 bits per heavy atom. The van der Waals surface area contributed by atoms with Crippen molar-refractivity contribution >= 4 is 0 Å². The number of halogens is 6. The molecule has 3 N–H and O–H groups in total. The van der Waals surface area contributed by atoms with Gasteiger partial charge in [0.15, 0.2) is 0 Å². The van der Waals surface area contributed by atoms with Gasteiger partial charge in [0.05, 0.1) is 17.2 Å². The summed E-state index contributed by atoms with van der Waals surface area (Å²) < 4.78 is 82.3. The molecule has 0 aliphatic carbocycles. The van der Waals surface area contributed by atoms with Crippen LogP contribution in [0.25, 0.3) is 11.3 Å². The number of nitrogens with two attached hydrogens (primary N) is 1. The number of aliphatic hydroxyl groups excluding tert-OH is 1. The van der Waals surface area contributed by atoms with Gasteiger partial charge in [0.1, 0.15) is 11.5 Å². The second-order valence-electron chi connectivity index (χ2n) is 5.12. The van der Waals surface area contributed by atoms with Gasteiger partial charge in [-0.2, -0.15) is 26.3 Å². The Balaban J connectivity index is 2.50. The van der Waals surface area contributed by atoms with E-state index in [-0.39, 0.29) is 36.2 Å². The van der Waals surface area contributed by atoms with Crippen molar-refractivity contribution in [2.24, 2.45) is 5.73 Å². The van der Waals surface area contributed by atoms with Gasteiger partial charge in [-0.1, -0.05) is 0 Å². The molecule has 0 saturated heterocycles. The SMILES string of the molecule is NC(CCO)c1ccc(-c2cc(C(F)(F)F)cc(C(F)(F)F)c2)o1. The molecule has 1 unspecified atom stereocenters. The molecule has 1 aromatic carbocycles. The van der Waals surface area contributed by atoms with Gasteiger partial charge < -0.3 is 15.3 Å². The number of furan rings is 1. The van der Waals surface area contributed by atoms with Crippen LogP contribution < -0.4 is 5.73 Å². The average Bonchev–Trinajstić information content (AvgIpc) is 2.95. The topological polar surface area (TPSA) is 59.4 Å². The van der Waals surface area contributed by atoms with Crippen molar-refractivity contribution in [2.45, 2.75) is 24.8 Å². The summed E-state index contributed by atoms with van der Waals surface area (Å²) in [5, 5.41) is 8.80. The van der Waals surface area contributed by atoms with Crippen LogP contribution in [0.4, 0.5) is 26.3 Å². The summed E-state index contributed by atoms with van der Waals surface area (Å²) in [6, 6.07) is 3.08. The fourth-order valence-corrected chi connectivity index (χ4v) is 2.09. The summed E-state index contributed by atoms with van der Waals surface area (Å²) in [7, 11) is 0. The van der Waals surface area contributed by atoms with Crippen LogP contribution in [0.2, 0.25) is 0 Å². The molecule has 2 aromatic rings. The molecule has 0 aliphatic heterocycles. The van der Waals surface area contributed by atoms with Crippen LogP contribution in [-0.4, -0.2) is 11.7 Å². The van der Waals surface area contributed by atoms with E-state index < -0.39 is 29.5 Å². The smallest absolute Gasteiger partial charge is 0.416 e. The van der Waals surface area contributed by atoms with E-state index in [1.807, 2.05) is 0 Å². The Kier molecular flexibility index (Phi) is 4.95. The van der Waals surface area contributed by atoms with Gasteiger partial charge in [-0.05, 0) is 36.8 Å². The monoisotopic (exact) mass is 353 g/mol. The van der Waals surface area contributed by atoms with Crippen molar-refractivity contribution in [3.8, 4) is 11.3 Å². The highest BCUT2D eigenvalue weighted by Gasteiger charge is 2.37. The van der Waals surface area contributed by atoms with Crippen LogP contribution in [-0.2, 0) is 12.4 Å². The van der Waals surface area contributed by atoms with Crippen molar-refractivity contribution in [3.63, 3.8) is 0 Å². The maximum Gasteiger partial charge on any atom is 0.416 e. The third-order valence-electron chi connectivity index (χ3n) is 3.30. The first kappa shape index (κ1) is 18.3. The van der Waals surface area contributed by atoms with E-state index in [0.717, 1.165) is 0 Å². The molecule has 0 spiro atoms.